The summed E-state index contributed by atoms with van der Waals surface area (Å²) in [7, 11) is 0. The molecular weight excluding hydrogens is 338 g/mol. The van der Waals surface area contributed by atoms with Crippen molar-refractivity contribution < 1.29 is 18.7 Å². The van der Waals surface area contributed by atoms with Crippen LogP contribution in [0.15, 0.2) is 36.4 Å². The van der Waals surface area contributed by atoms with Crippen molar-refractivity contribution >= 4 is 5.91 Å². The number of halogens is 2. The SMILES string of the molecule is O=C(NCC[C@@H]1CCCCN1)c1cccc(-c2cc(O)c(F)c(F)c2)c1. The number of benzene rings is 2. The highest BCUT2D eigenvalue weighted by Crippen LogP contribution is 2.28. The number of nitrogens with one attached hydrogen (secondary N) is 2. The van der Waals surface area contributed by atoms with Crippen LogP contribution in [0, 0.1) is 11.6 Å². The Labute approximate surface area is 151 Å². The molecule has 4 nitrogen and oxygen atoms in total. The molecule has 1 fully saturated rings. The number of rotatable bonds is 5. The van der Waals surface area contributed by atoms with Gasteiger partial charge in [-0.25, -0.2) is 4.39 Å². The van der Waals surface area contributed by atoms with Crippen LogP contribution < -0.4 is 10.6 Å². The lowest BCUT2D eigenvalue weighted by Gasteiger charge is -2.23. The van der Waals surface area contributed by atoms with Crippen LogP contribution in [0.2, 0.25) is 0 Å². The van der Waals surface area contributed by atoms with Crippen LogP contribution in [-0.4, -0.2) is 30.1 Å². The van der Waals surface area contributed by atoms with Crippen LogP contribution >= 0.6 is 0 Å². The van der Waals surface area contributed by atoms with Gasteiger partial charge >= 0.3 is 0 Å². The maximum atomic E-state index is 13.5. The number of aromatic hydroxyl groups is 1. The summed E-state index contributed by atoms with van der Waals surface area (Å²) in [6, 6.07) is 9.20. The number of phenolic OH excluding ortho intramolecular Hbond substituents is 1. The monoisotopic (exact) mass is 360 g/mol. The predicted octanol–water partition coefficient (Wildman–Crippen LogP) is 3.60. The van der Waals surface area contributed by atoms with Gasteiger partial charge in [-0.1, -0.05) is 18.6 Å². The standard InChI is InChI=1S/C20H22F2N2O2/c21-17-11-15(12-18(25)19(17)22)13-4-3-5-14(10-13)20(26)24-9-7-16-6-1-2-8-23-16/h3-5,10-12,16,23,25H,1-2,6-9H2,(H,24,26)/t16-/m0/s1. The number of hydrogen-bond acceptors (Lipinski definition) is 3. The second-order valence-corrected chi connectivity index (χ2v) is 6.56. The van der Waals surface area contributed by atoms with E-state index < -0.39 is 17.4 Å². The molecular formula is C20H22F2N2O2. The molecule has 138 valence electrons. The molecule has 0 saturated carbocycles. The van der Waals surface area contributed by atoms with Crippen LogP contribution in [0.5, 0.6) is 5.75 Å². The molecule has 0 aliphatic carbocycles. The Kier molecular flexibility index (Phi) is 5.83. The van der Waals surface area contributed by atoms with Crippen LogP contribution in [0.1, 0.15) is 36.0 Å². The lowest BCUT2D eigenvalue weighted by molar-refractivity contribution is 0.0951. The molecule has 3 rings (SSSR count). The third-order valence-corrected chi connectivity index (χ3v) is 4.66. The van der Waals surface area contributed by atoms with Crippen molar-refractivity contribution in [2.45, 2.75) is 31.7 Å². The van der Waals surface area contributed by atoms with E-state index in [4.69, 9.17) is 0 Å². The van der Waals surface area contributed by atoms with Gasteiger partial charge < -0.3 is 15.7 Å². The van der Waals surface area contributed by atoms with Crippen LogP contribution in [-0.2, 0) is 0 Å². The van der Waals surface area contributed by atoms with Gasteiger partial charge in [0, 0.05) is 18.2 Å². The Morgan fingerprint density at radius 1 is 1.19 bits per heavy atom. The first-order valence-electron chi connectivity index (χ1n) is 8.84. The minimum atomic E-state index is -1.28. The minimum Gasteiger partial charge on any atom is -0.505 e. The number of carbonyl (C=O) groups excluding carboxylic acids is 1. The van der Waals surface area contributed by atoms with Crippen molar-refractivity contribution in [3.05, 3.63) is 53.6 Å². The molecule has 6 heteroatoms. The molecule has 0 unspecified atom stereocenters. The number of phenols is 1. The molecule has 1 atom stereocenters. The number of amides is 1. The van der Waals surface area contributed by atoms with E-state index in [0.717, 1.165) is 31.5 Å². The van der Waals surface area contributed by atoms with Crippen LogP contribution in [0.25, 0.3) is 11.1 Å². The maximum Gasteiger partial charge on any atom is 0.251 e. The molecule has 2 aromatic carbocycles. The highest BCUT2D eigenvalue weighted by atomic mass is 19.2. The number of hydrogen-bond donors (Lipinski definition) is 3. The van der Waals surface area contributed by atoms with E-state index in [1.165, 1.54) is 12.8 Å². The van der Waals surface area contributed by atoms with E-state index in [0.29, 0.717) is 29.3 Å². The lowest BCUT2D eigenvalue weighted by Crippen LogP contribution is -2.37. The Bertz CT molecular complexity index is 766. The van der Waals surface area contributed by atoms with Crippen LogP contribution in [0.3, 0.4) is 0 Å². The minimum absolute atomic E-state index is 0.213. The van der Waals surface area contributed by atoms with Gasteiger partial charge in [0.15, 0.2) is 17.4 Å². The average Bonchev–Trinajstić information content (AvgIpc) is 2.66. The van der Waals surface area contributed by atoms with Crippen LogP contribution in [0.4, 0.5) is 8.78 Å². The Morgan fingerprint density at radius 2 is 2.04 bits per heavy atom. The van der Waals surface area contributed by atoms with Crippen molar-refractivity contribution in [2.24, 2.45) is 0 Å². The third-order valence-electron chi connectivity index (χ3n) is 4.66. The van der Waals surface area contributed by atoms with E-state index in [9.17, 15) is 18.7 Å². The van der Waals surface area contributed by atoms with Gasteiger partial charge in [-0.05, 0) is 61.2 Å². The maximum absolute atomic E-state index is 13.5. The Balaban J connectivity index is 1.65. The lowest BCUT2D eigenvalue weighted by atomic mass is 10.0. The first-order chi connectivity index (χ1) is 12.5. The summed E-state index contributed by atoms with van der Waals surface area (Å²) >= 11 is 0. The summed E-state index contributed by atoms with van der Waals surface area (Å²) in [5, 5.41) is 15.8. The van der Waals surface area contributed by atoms with E-state index >= 15 is 0 Å². The summed E-state index contributed by atoms with van der Waals surface area (Å²) in [5.41, 5.74) is 1.27. The van der Waals surface area contributed by atoms with Gasteiger partial charge in [0.1, 0.15) is 0 Å². The molecule has 26 heavy (non-hydrogen) atoms. The Hall–Kier alpha value is -2.47. The quantitative estimate of drug-likeness (QED) is 0.764. The van der Waals surface area contributed by atoms with Crippen molar-refractivity contribution in [2.75, 3.05) is 13.1 Å². The summed E-state index contributed by atoms with van der Waals surface area (Å²) in [6.45, 7) is 1.61. The fourth-order valence-corrected chi connectivity index (χ4v) is 3.21. The topological polar surface area (TPSA) is 61.4 Å². The second kappa shape index (κ2) is 8.27. The summed E-state index contributed by atoms with van der Waals surface area (Å²) in [5.74, 6) is -3.38. The zero-order valence-electron chi connectivity index (χ0n) is 14.4. The summed E-state index contributed by atoms with van der Waals surface area (Å²) in [4.78, 5) is 12.3. The molecule has 3 N–H and O–H groups in total. The van der Waals surface area contributed by atoms with Crippen molar-refractivity contribution in [1.29, 1.82) is 0 Å². The molecule has 1 saturated heterocycles. The Morgan fingerprint density at radius 3 is 2.77 bits per heavy atom. The van der Waals surface area contributed by atoms with Crippen molar-refractivity contribution in [3.63, 3.8) is 0 Å². The van der Waals surface area contributed by atoms with Gasteiger partial charge in [0.25, 0.3) is 5.91 Å². The highest BCUT2D eigenvalue weighted by molar-refractivity contribution is 5.95. The van der Waals surface area contributed by atoms with Gasteiger partial charge in [0.05, 0.1) is 0 Å². The van der Waals surface area contributed by atoms with Gasteiger partial charge in [-0.2, -0.15) is 4.39 Å². The zero-order chi connectivity index (χ0) is 18.5. The van der Waals surface area contributed by atoms with E-state index in [2.05, 4.69) is 10.6 Å². The fraction of sp³-hybridized carbons (Fsp3) is 0.350. The van der Waals surface area contributed by atoms with Gasteiger partial charge in [0.2, 0.25) is 0 Å². The summed E-state index contributed by atoms with van der Waals surface area (Å²) in [6.07, 6.45) is 4.43. The van der Waals surface area contributed by atoms with Crippen molar-refractivity contribution in [3.8, 4) is 16.9 Å². The normalized spacial score (nSPS) is 17.1. The smallest absolute Gasteiger partial charge is 0.251 e. The first kappa shape index (κ1) is 18.3. The van der Waals surface area contributed by atoms with Gasteiger partial charge in [-0.3, -0.25) is 4.79 Å². The highest BCUT2D eigenvalue weighted by Gasteiger charge is 2.14. The van der Waals surface area contributed by atoms with E-state index in [-0.39, 0.29) is 5.91 Å². The van der Waals surface area contributed by atoms with E-state index in [1.54, 1.807) is 24.3 Å². The largest absolute Gasteiger partial charge is 0.505 e. The second-order valence-electron chi connectivity index (χ2n) is 6.56. The summed E-state index contributed by atoms with van der Waals surface area (Å²) < 4.78 is 26.7. The molecule has 0 radical (unpaired) electrons. The number of piperidine rings is 1. The predicted molar refractivity (Wildman–Crippen MR) is 96.1 cm³/mol. The zero-order valence-corrected chi connectivity index (χ0v) is 14.4. The third kappa shape index (κ3) is 4.38. The molecule has 1 aliphatic heterocycles. The van der Waals surface area contributed by atoms with E-state index in [1.807, 2.05) is 0 Å². The molecule has 0 aromatic heterocycles. The number of carbonyl (C=O) groups is 1. The molecule has 1 amide bonds. The molecule has 1 heterocycles. The van der Waals surface area contributed by atoms with Crippen molar-refractivity contribution in [1.82, 2.24) is 10.6 Å². The molecule has 0 spiro atoms. The van der Waals surface area contributed by atoms with Gasteiger partial charge in [-0.15, -0.1) is 0 Å². The molecule has 0 bridgehead atoms. The fourth-order valence-electron chi connectivity index (χ4n) is 3.21. The first-order valence-corrected chi connectivity index (χ1v) is 8.84. The average molecular weight is 360 g/mol. The molecule has 2 aromatic rings. The molecule has 1 aliphatic rings.